The first kappa shape index (κ1) is 16.7. The Morgan fingerprint density at radius 3 is 2.42 bits per heavy atom. The van der Waals surface area contributed by atoms with E-state index >= 15 is 0 Å². The van der Waals surface area contributed by atoms with Gasteiger partial charge in [-0.3, -0.25) is 0 Å². The fourth-order valence-electron chi connectivity index (χ4n) is 2.66. The van der Waals surface area contributed by atoms with Crippen LogP contribution in [0.5, 0.6) is 0 Å². The second-order valence-electron chi connectivity index (χ2n) is 6.28. The Kier molecular flexibility index (Phi) is 6.56. The molecule has 1 nitrogen and oxygen atoms in total. The van der Waals surface area contributed by atoms with Gasteiger partial charge in [-0.1, -0.05) is 0 Å². The standard InChI is InChI=1S/C17H29NSe/c1-6-17(5,11-9-10-14(2)3)15(4)16(19)18-12-7-8-13-18/h6,10,15H,1,7-9,11-13H2,2-5H3/t15-,17+/m1/s1. The Morgan fingerprint density at radius 2 is 1.95 bits per heavy atom. The van der Waals surface area contributed by atoms with Crippen molar-refractivity contribution in [1.29, 1.82) is 0 Å². The molecule has 1 aliphatic rings. The minimum absolute atomic E-state index is 0.176. The van der Waals surface area contributed by atoms with E-state index in [9.17, 15) is 0 Å². The molecule has 2 atom stereocenters. The van der Waals surface area contributed by atoms with E-state index in [2.05, 4.69) is 66.9 Å². The van der Waals surface area contributed by atoms with Crippen LogP contribution >= 0.6 is 0 Å². The van der Waals surface area contributed by atoms with Crippen molar-refractivity contribution in [2.75, 3.05) is 13.1 Å². The van der Waals surface area contributed by atoms with Crippen LogP contribution in [0.15, 0.2) is 24.3 Å². The number of allylic oxidation sites excluding steroid dienone is 3. The summed E-state index contributed by atoms with van der Waals surface area (Å²) in [5.74, 6) is 0.522. The van der Waals surface area contributed by atoms with Gasteiger partial charge in [-0.25, -0.2) is 0 Å². The van der Waals surface area contributed by atoms with Crippen molar-refractivity contribution in [2.45, 2.75) is 53.4 Å². The zero-order valence-electron chi connectivity index (χ0n) is 13.0. The van der Waals surface area contributed by atoms with Gasteiger partial charge in [0.1, 0.15) is 0 Å². The molecule has 0 aromatic heterocycles. The van der Waals surface area contributed by atoms with Gasteiger partial charge in [0.15, 0.2) is 0 Å². The van der Waals surface area contributed by atoms with Crippen molar-refractivity contribution >= 4 is 20.1 Å². The van der Waals surface area contributed by atoms with Crippen LogP contribution in [0, 0.1) is 11.3 Å². The second kappa shape index (κ2) is 7.45. The maximum absolute atomic E-state index is 4.09. The molecule has 1 heterocycles. The summed E-state index contributed by atoms with van der Waals surface area (Å²) in [5, 5.41) is 0. The van der Waals surface area contributed by atoms with Gasteiger partial charge in [0.25, 0.3) is 0 Å². The van der Waals surface area contributed by atoms with E-state index in [0.717, 1.165) is 6.42 Å². The number of nitrogens with zero attached hydrogens (tertiary/aromatic N) is 1. The molecule has 0 aliphatic carbocycles. The molecule has 108 valence electrons. The van der Waals surface area contributed by atoms with Crippen LogP contribution in [0.25, 0.3) is 0 Å². The third-order valence-electron chi connectivity index (χ3n) is 4.48. The van der Waals surface area contributed by atoms with E-state index in [0.29, 0.717) is 5.92 Å². The quantitative estimate of drug-likeness (QED) is 0.506. The molecule has 0 radical (unpaired) electrons. The third kappa shape index (κ3) is 4.61. The van der Waals surface area contributed by atoms with Crippen molar-refractivity contribution in [1.82, 2.24) is 4.90 Å². The molecule has 1 saturated heterocycles. The van der Waals surface area contributed by atoms with Crippen molar-refractivity contribution < 1.29 is 0 Å². The number of hydrogen-bond donors (Lipinski definition) is 0. The number of rotatable bonds is 7. The normalized spacial score (nSPS) is 19.7. The minimum atomic E-state index is 0.176. The van der Waals surface area contributed by atoms with Gasteiger partial charge in [-0.15, -0.1) is 0 Å². The van der Waals surface area contributed by atoms with Gasteiger partial charge in [-0.2, -0.15) is 0 Å². The molecule has 2 heteroatoms. The third-order valence-corrected chi connectivity index (χ3v) is 5.76. The molecule has 1 aliphatic heterocycles. The maximum atomic E-state index is 4.09. The summed E-state index contributed by atoms with van der Waals surface area (Å²) in [7, 11) is 0. The zero-order valence-corrected chi connectivity index (χ0v) is 14.8. The van der Waals surface area contributed by atoms with Crippen LogP contribution in [0.3, 0.4) is 0 Å². The first-order valence-electron chi connectivity index (χ1n) is 7.46. The van der Waals surface area contributed by atoms with Crippen LogP contribution < -0.4 is 0 Å². The Hall–Kier alpha value is -0.331. The van der Waals surface area contributed by atoms with E-state index < -0.39 is 0 Å². The van der Waals surface area contributed by atoms with Crippen LogP contribution in [-0.4, -0.2) is 38.1 Å². The van der Waals surface area contributed by atoms with Gasteiger partial charge in [-0.05, 0) is 0 Å². The molecular weight excluding hydrogens is 297 g/mol. The van der Waals surface area contributed by atoms with Crippen LogP contribution in [0.1, 0.15) is 53.4 Å². The molecule has 0 spiro atoms. The number of likely N-dealkylation sites (tertiary alicyclic amines) is 1. The van der Waals surface area contributed by atoms with Gasteiger partial charge < -0.3 is 0 Å². The van der Waals surface area contributed by atoms with E-state index in [1.54, 1.807) is 0 Å². The molecule has 1 rings (SSSR count). The van der Waals surface area contributed by atoms with Crippen molar-refractivity contribution in [3.8, 4) is 0 Å². The summed E-state index contributed by atoms with van der Waals surface area (Å²) in [5.41, 5.74) is 1.58. The summed E-state index contributed by atoms with van der Waals surface area (Å²) in [4.78, 5) is 2.52. The van der Waals surface area contributed by atoms with Crippen LogP contribution in [0.2, 0.25) is 0 Å². The molecule has 19 heavy (non-hydrogen) atoms. The van der Waals surface area contributed by atoms with Crippen molar-refractivity contribution in [3.05, 3.63) is 24.3 Å². The zero-order chi connectivity index (χ0) is 14.5. The number of hydrogen-bond acceptors (Lipinski definition) is 1. The molecular formula is C17H29NSe. The molecule has 0 bridgehead atoms. The molecule has 1 fully saturated rings. The Morgan fingerprint density at radius 1 is 1.37 bits per heavy atom. The van der Waals surface area contributed by atoms with E-state index in [-0.39, 0.29) is 5.41 Å². The van der Waals surface area contributed by atoms with E-state index in [4.69, 9.17) is 0 Å². The van der Waals surface area contributed by atoms with Crippen molar-refractivity contribution in [2.24, 2.45) is 11.3 Å². The van der Waals surface area contributed by atoms with Gasteiger partial charge in [0, 0.05) is 0 Å². The first-order chi connectivity index (χ1) is 8.90. The summed E-state index contributed by atoms with van der Waals surface area (Å²) >= 11 is 3.34. The fraction of sp³-hybridized carbons (Fsp3) is 0.706. The molecule has 0 saturated carbocycles. The Balaban J connectivity index is 2.67. The summed E-state index contributed by atoms with van der Waals surface area (Å²) in [6, 6.07) is 0. The van der Waals surface area contributed by atoms with Crippen LogP contribution in [-0.2, 0) is 0 Å². The molecule has 0 unspecified atom stereocenters. The second-order valence-corrected chi connectivity index (χ2v) is 7.16. The van der Waals surface area contributed by atoms with Gasteiger partial charge in [0.05, 0.1) is 0 Å². The average Bonchev–Trinajstić information content (AvgIpc) is 2.90. The van der Waals surface area contributed by atoms with Gasteiger partial charge >= 0.3 is 127 Å². The van der Waals surface area contributed by atoms with E-state index in [1.165, 1.54) is 42.5 Å². The van der Waals surface area contributed by atoms with E-state index in [1.807, 2.05) is 0 Å². The predicted molar refractivity (Wildman–Crippen MR) is 87.7 cm³/mol. The molecule has 0 aromatic carbocycles. The predicted octanol–water partition coefficient (Wildman–Crippen LogP) is 3.96. The Labute approximate surface area is 127 Å². The summed E-state index contributed by atoms with van der Waals surface area (Å²) in [6.07, 6.45) is 9.47. The SMILES string of the molecule is C=C[C@@](C)(CCC=C(C)C)[C@H](C)C(=[Se])N1CCCC1. The van der Waals surface area contributed by atoms with Crippen molar-refractivity contribution in [3.63, 3.8) is 0 Å². The topological polar surface area (TPSA) is 3.24 Å². The van der Waals surface area contributed by atoms with Gasteiger partial charge in [0.2, 0.25) is 0 Å². The summed E-state index contributed by atoms with van der Waals surface area (Å²) < 4.78 is 1.43. The summed E-state index contributed by atoms with van der Waals surface area (Å²) in [6.45, 7) is 15.6. The first-order valence-corrected chi connectivity index (χ1v) is 8.32. The molecule has 0 N–H and O–H groups in total. The average molecular weight is 326 g/mol. The fourth-order valence-corrected chi connectivity index (χ4v) is 3.61. The molecule has 0 aromatic rings. The van der Waals surface area contributed by atoms with Crippen LogP contribution in [0.4, 0.5) is 0 Å². The molecule has 0 amide bonds. The Bertz CT molecular complexity index is 348. The monoisotopic (exact) mass is 327 g/mol.